The van der Waals surface area contributed by atoms with Crippen LogP contribution in [-0.2, 0) is 6.54 Å². The maximum Gasteiger partial charge on any atom is 0.0300 e. The van der Waals surface area contributed by atoms with Crippen molar-refractivity contribution in [3.63, 3.8) is 0 Å². The van der Waals surface area contributed by atoms with Crippen molar-refractivity contribution in [2.45, 2.75) is 51.6 Å². The second-order valence-corrected chi connectivity index (χ2v) is 6.47. The number of aryl methyl sites for hydroxylation is 2. The Labute approximate surface area is 102 Å². The van der Waals surface area contributed by atoms with E-state index < -0.39 is 0 Å². The van der Waals surface area contributed by atoms with Gasteiger partial charge in [-0.15, -0.1) is 11.3 Å². The summed E-state index contributed by atoms with van der Waals surface area (Å²) in [6.45, 7) is 6.29. The van der Waals surface area contributed by atoms with E-state index in [1.165, 1.54) is 41.0 Å². The fraction of sp³-hybridized carbons (Fsp3) is 0.692. The fourth-order valence-corrected chi connectivity index (χ4v) is 3.45. The van der Waals surface area contributed by atoms with Crippen LogP contribution >= 0.6 is 11.3 Å². The lowest BCUT2D eigenvalue weighted by molar-refractivity contribution is 0.405. The Morgan fingerprint density at radius 2 is 2.06 bits per heavy atom. The number of thiophene rings is 1. The normalized spacial score (nSPS) is 19.2. The Hall–Kier alpha value is -0.380. The summed E-state index contributed by atoms with van der Waals surface area (Å²) in [6.07, 6.45) is 4.97. The third-order valence-corrected chi connectivity index (χ3v) is 4.75. The molecular formula is C13H22N2S. The minimum absolute atomic E-state index is 0.0708. The van der Waals surface area contributed by atoms with Crippen molar-refractivity contribution in [2.24, 2.45) is 5.73 Å². The molecule has 16 heavy (non-hydrogen) atoms. The quantitative estimate of drug-likeness (QED) is 0.846. The van der Waals surface area contributed by atoms with Gasteiger partial charge in [-0.2, -0.15) is 0 Å². The summed E-state index contributed by atoms with van der Waals surface area (Å²) < 4.78 is 0. The van der Waals surface area contributed by atoms with Crippen molar-refractivity contribution in [1.29, 1.82) is 0 Å². The Morgan fingerprint density at radius 3 is 2.62 bits per heavy atom. The van der Waals surface area contributed by atoms with Gasteiger partial charge in [-0.25, -0.2) is 0 Å². The first-order chi connectivity index (χ1) is 7.59. The van der Waals surface area contributed by atoms with Gasteiger partial charge in [0, 0.05) is 28.4 Å². The lowest BCUT2D eigenvalue weighted by Gasteiger charge is -2.23. The molecule has 3 N–H and O–H groups in total. The SMILES string of the molecule is Cc1cc(CNCC2(N)CCCC2)sc1C. The highest BCUT2D eigenvalue weighted by Crippen LogP contribution is 2.26. The molecule has 1 saturated carbocycles. The van der Waals surface area contributed by atoms with Crippen LogP contribution in [0.3, 0.4) is 0 Å². The first-order valence-corrected chi connectivity index (χ1v) is 6.96. The van der Waals surface area contributed by atoms with Crippen molar-refractivity contribution >= 4 is 11.3 Å². The van der Waals surface area contributed by atoms with Crippen molar-refractivity contribution in [3.05, 3.63) is 21.4 Å². The number of nitrogens with two attached hydrogens (primary N) is 1. The van der Waals surface area contributed by atoms with Crippen LogP contribution in [0.4, 0.5) is 0 Å². The number of nitrogens with one attached hydrogen (secondary N) is 1. The zero-order valence-corrected chi connectivity index (χ0v) is 11.1. The van der Waals surface area contributed by atoms with Gasteiger partial charge in [0.25, 0.3) is 0 Å². The molecule has 0 aromatic carbocycles. The lowest BCUT2D eigenvalue weighted by Crippen LogP contribution is -2.46. The average molecular weight is 238 g/mol. The first-order valence-electron chi connectivity index (χ1n) is 6.15. The van der Waals surface area contributed by atoms with Crippen molar-refractivity contribution in [1.82, 2.24) is 5.32 Å². The van der Waals surface area contributed by atoms with Crippen LogP contribution < -0.4 is 11.1 Å². The van der Waals surface area contributed by atoms with E-state index >= 15 is 0 Å². The van der Waals surface area contributed by atoms with Crippen LogP contribution in [0.25, 0.3) is 0 Å². The monoisotopic (exact) mass is 238 g/mol. The molecule has 0 unspecified atom stereocenters. The summed E-state index contributed by atoms with van der Waals surface area (Å²) in [5.41, 5.74) is 7.78. The number of hydrogen-bond acceptors (Lipinski definition) is 3. The molecule has 2 nitrogen and oxygen atoms in total. The molecule has 0 radical (unpaired) electrons. The minimum Gasteiger partial charge on any atom is -0.324 e. The second-order valence-electron chi connectivity index (χ2n) is 5.12. The molecule has 0 bridgehead atoms. The predicted octanol–water partition coefficient (Wildman–Crippen LogP) is 2.73. The maximum atomic E-state index is 6.30. The van der Waals surface area contributed by atoms with E-state index in [9.17, 15) is 0 Å². The Morgan fingerprint density at radius 1 is 1.38 bits per heavy atom. The van der Waals surface area contributed by atoms with Gasteiger partial charge in [0.05, 0.1) is 0 Å². The van der Waals surface area contributed by atoms with E-state index in [1.807, 2.05) is 11.3 Å². The molecule has 0 atom stereocenters. The van der Waals surface area contributed by atoms with Crippen LogP contribution in [0.5, 0.6) is 0 Å². The lowest BCUT2D eigenvalue weighted by atomic mass is 9.99. The summed E-state index contributed by atoms with van der Waals surface area (Å²) in [7, 11) is 0. The summed E-state index contributed by atoms with van der Waals surface area (Å²) in [5, 5.41) is 3.51. The minimum atomic E-state index is 0.0708. The van der Waals surface area contributed by atoms with Crippen LogP contribution in [0, 0.1) is 13.8 Å². The smallest absolute Gasteiger partial charge is 0.0300 e. The summed E-state index contributed by atoms with van der Waals surface area (Å²) in [5.74, 6) is 0. The highest BCUT2D eigenvalue weighted by molar-refractivity contribution is 7.12. The molecule has 1 aliphatic carbocycles. The third kappa shape index (κ3) is 2.84. The molecule has 2 rings (SSSR count). The summed E-state index contributed by atoms with van der Waals surface area (Å²) >= 11 is 1.89. The van der Waals surface area contributed by atoms with Gasteiger partial charge < -0.3 is 11.1 Å². The van der Waals surface area contributed by atoms with E-state index in [0.717, 1.165) is 13.1 Å². The molecular weight excluding hydrogens is 216 g/mol. The molecule has 1 aliphatic rings. The largest absolute Gasteiger partial charge is 0.324 e. The van der Waals surface area contributed by atoms with E-state index in [0.29, 0.717) is 0 Å². The number of rotatable bonds is 4. The third-order valence-electron chi connectivity index (χ3n) is 3.59. The van der Waals surface area contributed by atoms with Gasteiger partial charge >= 0.3 is 0 Å². The molecule has 1 aromatic heterocycles. The van der Waals surface area contributed by atoms with Crippen LogP contribution in [0.15, 0.2) is 6.07 Å². The average Bonchev–Trinajstić information content (AvgIpc) is 2.76. The highest BCUT2D eigenvalue weighted by Gasteiger charge is 2.28. The van der Waals surface area contributed by atoms with Crippen LogP contribution in [0.2, 0.25) is 0 Å². The predicted molar refractivity (Wildman–Crippen MR) is 70.9 cm³/mol. The molecule has 0 amide bonds. The van der Waals surface area contributed by atoms with Crippen LogP contribution in [-0.4, -0.2) is 12.1 Å². The number of hydrogen-bond donors (Lipinski definition) is 2. The Balaban J connectivity index is 1.79. The summed E-state index contributed by atoms with van der Waals surface area (Å²) in [6, 6.07) is 2.28. The summed E-state index contributed by atoms with van der Waals surface area (Å²) in [4.78, 5) is 2.86. The highest BCUT2D eigenvalue weighted by atomic mass is 32.1. The molecule has 0 spiro atoms. The molecule has 1 aromatic rings. The van der Waals surface area contributed by atoms with Crippen molar-refractivity contribution < 1.29 is 0 Å². The first kappa shape index (κ1) is 12.1. The van der Waals surface area contributed by atoms with Gasteiger partial charge in [0.2, 0.25) is 0 Å². The Bertz CT molecular complexity index is 331. The zero-order valence-electron chi connectivity index (χ0n) is 10.3. The van der Waals surface area contributed by atoms with Crippen LogP contribution in [0.1, 0.15) is 41.0 Å². The van der Waals surface area contributed by atoms with Gasteiger partial charge in [0.1, 0.15) is 0 Å². The molecule has 0 aliphatic heterocycles. The van der Waals surface area contributed by atoms with E-state index in [2.05, 4.69) is 25.2 Å². The molecule has 90 valence electrons. The Kier molecular flexibility index (Phi) is 3.67. The molecule has 1 fully saturated rings. The van der Waals surface area contributed by atoms with Gasteiger partial charge in [-0.3, -0.25) is 0 Å². The molecule has 0 saturated heterocycles. The van der Waals surface area contributed by atoms with Crippen molar-refractivity contribution in [2.75, 3.05) is 6.54 Å². The van der Waals surface area contributed by atoms with E-state index in [-0.39, 0.29) is 5.54 Å². The van der Waals surface area contributed by atoms with E-state index in [1.54, 1.807) is 0 Å². The topological polar surface area (TPSA) is 38.0 Å². The molecule has 1 heterocycles. The standard InChI is InChI=1S/C13H22N2S/c1-10-7-12(16-11(10)2)8-15-9-13(14)5-3-4-6-13/h7,15H,3-6,8-9,14H2,1-2H3. The van der Waals surface area contributed by atoms with Gasteiger partial charge in [-0.05, 0) is 38.3 Å². The van der Waals surface area contributed by atoms with Gasteiger partial charge in [-0.1, -0.05) is 12.8 Å². The maximum absolute atomic E-state index is 6.30. The zero-order chi connectivity index (χ0) is 11.6. The molecule has 3 heteroatoms. The van der Waals surface area contributed by atoms with Crippen molar-refractivity contribution in [3.8, 4) is 0 Å². The second kappa shape index (κ2) is 4.86. The fourth-order valence-electron chi connectivity index (χ4n) is 2.43. The van der Waals surface area contributed by atoms with Gasteiger partial charge in [0.15, 0.2) is 0 Å². The van der Waals surface area contributed by atoms with E-state index in [4.69, 9.17) is 5.73 Å².